The largest absolute Gasteiger partial charge is 0.358 e. The number of nitrogens with one attached hydrogen (secondary N) is 1. The summed E-state index contributed by atoms with van der Waals surface area (Å²) in [5.41, 5.74) is 1.10. The predicted molar refractivity (Wildman–Crippen MR) is 48.3 cm³/mol. The first-order valence-electron chi connectivity index (χ1n) is 4.06. The molecule has 0 amide bonds. The highest BCUT2D eigenvalue weighted by Crippen LogP contribution is 2.24. The Kier molecular flexibility index (Phi) is 1.84. The molecule has 1 aromatic heterocycles. The first-order valence-corrected chi connectivity index (χ1v) is 4.06. The van der Waals surface area contributed by atoms with E-state index in [2.05, 4.69) is 4.98 Å². The van der Waals surface area contributed by atoms with Gasteiger partial charge in [0, 0.05) is 22.7 Å². The number of aromatic amines is 1. The zero-order valence-electron chi connectivity index (χ0n) is 7.40. The number of H-pyrrole nitrogens is 1. The quantitative estimate of drug-likeness (QED) is 0.697. The molecule has 0 aliphatic heterocycles. The normalized spacial score (nSPS) is 10.8. The minimum absolute atomic E-state index is 0.152. The number of aryl methyl sites for hydroxylation is 1. The average molecular weight is 195 g/mol. The van der Waals surface area contributed by atoms with Crippen LogP contribution < -0.4 is 0 Å². The summed E-state index contributed by atoms with van der Waals surface area (Å²) < 4.78 is 26.1. The number of aromatic nitrogens is 1. The van der Waals surface area contributed by atoms with Crippen LogP contribution in [0.1, 0.15) is 16.1 Å². The molecule has 0 bridgehead atoms. The first-order chi connectivity index (χ1) is 6.63. The zero-order chi connectivity index (χ0) is 10.3. The van der Waals surface area contributed by atoms with E-state index in [0.717, 1.165) is 6.07 Å². The van der Waals surface area contributed by atoms with E-state index in [1.165, 1.54) is 6.07 Å². The SMILES string of the molecule is Cc1[nH]c2cc(F)cc(F)c2c1C=O. The number of fused-ring (bicyclic) bond motifs is 1. The molecule has 0 aliphatic carbocycles. The molecule has 14 heavy (non-hydrogen) atoms. The van der Waals surface area contributed by atoms with Crippen LogP contribution in [0.15, 0.2) is 12.1 Å². The predicted octanol–water partition coefficient (Wildman–Crippen LogP) is 2.57. The summed E-state index contributed by atoms with van der Waals surface area (Å²) in [6, 6.07) is 1.93. The molecular formula is C10H7F2NO. The van der Waals surface area contributed by atoms with Gasteiger partial charge >= 0.3 is 0 Å². The average Bonchev–Trinajstić information content (AvgIpc) is 2.40. The number of hydrogen-bond acceptors (Lipinski definition) is 1. The second-order valence-corrected chi connectivity index (χ2v) is 3.09. The van der Waals surface area contributed by atoms with Crippen molar-refractivity contribution in [3.8, 4) is 0 Å². The fourth-order valence-electron chi connectivity index (χ4n) is 1.55. The van der Waals surface area contributed by atoms with Gasteiger partial charge in [0.25, 0.3) is 0 Å². The van der Waals surface area contributed by atoms with Crippen LogP contribution in [0.25, 0.3) is 10.9 Å². The van der Waals surface area contributed by atoms with Crippen LogP contribution in [0.3, 0.4) is 0 Å². The lowest BCUT2D eigenvalue weighted by Gasteiger charge is -1.94. The second kappa shape index (κ2) is 2.90. The van der Waals surface area contributed by atoms with Crippen molar-refractivity contribution in [1.29, 1.82) is 0 Å². The van der Waals surface area contributed by atoms with Gasteiger partial charge in [-0.3, -0.25) is 4.79 Å². The third-order valence-corrected chi connectivity index (χ3v) is 2.17. The second-order valence-electron chi connectivity index (χ2n) is 3.09. The fourth-order valence-corrected chi connectivity index (χ4v) is 1.55. The van der Waals surface area contributed by atoms with Crippen molar-refractivity contribution in [2.24, 2.45) is 0 Å². The van der Waals surface area contributed by atoms with Crippen LogP contribution in [0.2, 0.25) is 0 Å². The molecule has 2 aromatic rings. The maximum atomic E-state index is 13.3. The minimum Gasteiger partial charge on any atom is -0.358 e. The fraction of sp³-hybridized carbons (Fsp3) is 0.100. The Morgan fingerprint density at radius 3 is 2.71 bits per heavy atom. The van der Waals surface area contributed by atoms with Gasteiger partial charge in [0.1, 0.15) is 11.6 Å². The van der Waals surface area contributed by atoms with Crippen molar-refractivity contribution in [3.05, 3.63) is 35.0 Å². The molecule has 0 unspecified atom stereocenters. The summed E-state index contributed by atoms with van der Waals surface area (Å²) in [6.45, 7) is 1.64. The molecule has 0 fully saturated rings. The van der Waals surface area contributed by atoms with E-state index in [-0.39, 0.29) is 10.9 Å². The van der Waals surface area contributed by atoms with Crippen molar-refractivity contribution >= 4 is 17.2 Å². The highest BCUT2D eigenvalue weighted by atomic mass is 19.1. The van der Waals surface area contributed by atoms with Crippen LogP contribution in [0, 0.1) is 18.6 Å². The lowest BCUT2D eigenvalue weighted by atomic mass is 10.1. The van der Waals surface area contributed by atoms with Crippen molar-refractivity contribution in [1.82, 2.24) is 4.98 Å². The van der Waals surface area contributed by atoms with Gasteiger partial charge in [-0.05, 0) is 13.0 Å². The van der Waals surface area contributed by atoms with Gasteiger partial charge < -0.3 is 4.98 Å². The van der Waals surface area contributed by atoms with Gasteiger partial charge in [-0.25, -0.2) is 8.78 Å². The van der Waals surface area contributed by atoms with E-state index in [9.17, 15) is 13.6 Å². The van der Waals surface area contributed by atoms with Gasteiger partial charge in [0.2, 0.25) is 0 Å². The maximum Gasteiger partial charge on any atom is 0.152 e. The molecule has 72 valence electrons. The third-order valence-electron chi connectivity index (χ3n) is 2.17. The standard InChI is InChI=1S/C10H7F2NO/c1-5-7(4-14)10-8(12)2-6(11)3-9(10)13-5/h2-4,13H,1H3. The van der Waals surface area contributed by atoms with Crippen molar-refractivity contribution in [2.45, 2.75) is 6.92 Å². The summed E-state index contributed by atoms with van der Waals surface area (Å²) in [7, 11) is 0. The maximum absolute atomic E-state index is 13.3. The first kappa shape index (κ1) is 8.87. The molecular weight excluding hydrogens is 188 g/mol. The molecule has 4 heteroatoms. The Morgan fingerprint density at radius 1 is 1.36 bits per heavy atom. The van der Waals surface area contributed by atoms with Gasteiger partial charge in [-0.1, -0.05) is 0 Å². The van der Waals surface area contributed by atoms with Gasteiger partial charge in [0.15, 0.2) is 6.29 Å². The lowest BCUT2D eigenvalue weighted by Crippen LogP contribution is -1.85. The zero-order valence-corrected chi connectivity index (χ0v) is 7.40. The number of rotatable bonds is 1. The smallest absolute Gasteiger partial charge is 0.152 e. The van der Waals surface area contributed by atoms with Crippen molar-refractivity contribution in [2.75, 3.05) is 0 Å². The molecule has 2 rings (SSSR count). The van der Waals surface area contributed by atoms with Crippen LogP contribution in [-0.2, 0) is 0 Å². The Balaban J connectivity index is 2.95. The van der Waals surface area contributed by atoms with Crippen molar-refractivity contribution in [3.63, 3.8) is 0 Å². The molecule has 2 nitrogen and oxygen atoms in total. The van der Waals surface area contributed by atoms with Gasteiger partial charge in [-0.2, -0.15) is 0 Å². The Hall–Kier alpha value is -1.71. The Labute approximate surface area is 78.5 Å². The lowest BCUT2D eigenvalue weighted by molar-refractivity contribution is 0.112. The summed E-state index contributed by atoms with van der Waals surface area (Å²) in [6.07, 6.45) is 0.565. The highest BCUT2D eigenvalue weighted by molar-refractivity contribution is 5.99. The molecule has 1 N–H and O–H groups in total. The number of hydrogen-bond donors (Lipinski definition) is 1. The molecule has 1 heterocycles. The number of halogens is 2. The number of aldehydes is 1. The van der Waals surface area contributed by atoms with Crippen LogP contribution in [-0.4, -0.2) is 11.3 Å². The Morgan fingerprint density at radius 2 is 2.07 bits per heavy atom. The summed E-state index contributed by atoms with van der Waals surface area (Å²) >= 11 is 0. The summed E-state index contributed by atoms with van der Waals surface area (Å²) in [4.78, 5) is 13.4. The molecule has 0 saturated carbocycles. The van der Waals surface area contributed by atoms with Crippen LogP contribution in [0.4, 0.5) is 8.78 Å². The van der Waals surface area contributed by atoms with E-state index in [1.807, 2.05) is 0 Å². The number of carbonyl (C=O) groups is 1. The van der Waals surface area contributed by atoms with E-state index in [4.69, 9.17) is 0 Å². The van der Waals surface area contributed by atoms with Crippen molar-refractivity contribution < 1.29 is 13.6 Å². The minimum atomic E-state index is -0.716. The third kappa shape index (κ3) is 1.11. The molecule has 0 saturated heterocycles. The Bertz CT molecular complexity index is 516. The molecule has 1 aromatic carbocycles. The van der Waals surface area contributed by atoms with E-state index >= 15 is 0 Å². The van der Waals surface area contributed by atoms with E-state index in [1.54, 1.807) is 6.92 Å². The highest BCUT2D eigenvalue weighted by Gasteiger charge is 2.13. The summed E-state index contributed by atoms with van der Waals surface area (Å²) in [5.74, 6) is -1.37. The monoisotopic (exact) mass is 195 g/mol. The van der Waals surface area contributed by atoms with E-state index < -0.39 is 11.6 Å². The number of carbonyl (C=O) groups excluding carboxylic acids is 1. The number of benzene rings is 1. The topological polar surface area (TPSA) is 32.9 Å². The van der Waals surface area contributed by atoms with Crippen LogP contribution >= 0.6 is 0 Å². The molecule has 0 atom stereocenters. The molecule has 0 radical (unpaired) electrons. The van der Waals surface area contributed by atoms with Gasteiger partial charge in [0.05, 0.1) is 5.52 Å². The molecule has 0 aliphatic rings. The summed E-state index contributed by atoms with van der Waals surface area (Å²) in [5, 5.41) is 0.152. The van der Waals surface area contributed by atoms with Gasteiger partial charge in [-0.15, -0.1) is 0 Å². The van der Waals surface area contributed by atoms with Crippen LogP contribution in [0.5, 0.6) is 0 Å². The molecule has 0 spiro atoms. The van der Waals surface area contributed by atoms with E-state index in [0.29, 0.717) is 17.5 Å².